The molecule has 1 saturated heterocycles. The predicted molar refractivity (Wildman–Crippen MR) is 102 cm³/mol. The van der Waals surface area contributed by atoms with Gasteiger partial charge in [0.2, 0.25) is 0 Å². The molecule has 0 bridgehead atoms. The van der Waals surface area contributed by atoms with E-state index in [2.05, 4.69) is 9.15 Å². The molecule has 1 aromatic rings. The molecule has 162 valence electrons. The first-order chi connectivity index (χ1) is 14.1. The largest absolute Gasteiger partial charge is 0.473 e. The summed E-state index contributed by atoms with van der Waals surface area (Å²) < 4.78 is 24.0. The summed E-state index contributed by atoms with van der Waals surface area (Å²) in [5, 5.41) is 0. The Bertz CT molecular complexity index is 597. The van der Waals surface area contributed by atoms with Gasteiger partial charge in [0, 0.05) is 13.0 Å². The lowest BCUT2D eigenvalue weighted by molar-refractivity contribution is -0.171. The standard InChI is InChI=1S/C15H22O5.C4H4O.C2H4O2/c1-18-8-20-12-5-3-9-2-4-11-10(13(9)14(12)16)6-7-19-15(11)17;1-2-4-5-3-1;1-4-2-3/h9-13H,2-8H2,1H3;1-4H;2H,1H3/t9?,10?,11-,12+,13+;;/m1../s1. The predicted octanol–water partition coefficient (Wildman–Crippen LogP) is 2.61. The van der Waals surface area contributed by atoms with E-state index in [1.807, 2.05) is 12.1 Å². The fourth-order valence-electron chi connectivity index (χ4n) is 4.50. The van der Waals surface area contributed by atoms with Gasteiger partial charge in [-0.1, -0.05) is 0 Å². The lowest BCUT2D eigenvalue weighted by Gasteiger charge is -2.47. The maximum Gasteiger partial charge on any atom is 0.309 e. The molecular formula is C21H30O8. The van der Waals surface area contributed by atoms with Crippen molar-refractivity contribution in [2.75, 3.05) is 27.6 Å². The Labute approximate surface area is 170 Å². The molecule has 0 N–H and O–H groups in total. The van der Waals surface area contributed by atoms with E-state index in [1.165, 1.54) is 7.11 Å². The van der Waals surface area contributed by atoms with Gasteiger partial charge in [-0.3, -0.25) is 14.4 Å². The Balaban J connectivity index is 0.000000277. The minimum atomic E-state index is -0.354. The van der Waals surface area contributed by atoms with Crippen LogP contribution in [-0.4, -0.2) is 51.9 Å². The fourth-order valence-corrected chi connectivity index (χ4v) is 4.50. The highest BCUT2D eigenvalue weighted by Crippen LogP contribution is 2.48. The molecule has 8 nitrogen and oxygen atoms in total. The van der Waals surface area contributed by atoms with Crippen molar-refractivity contribution in [1.29, 1.82) is 0 Å². The molecule has 3 aliphatic rings. The minimum Gasteiger partial charge on any atom is -0.473 e. The summed E-state index contributed by atoms with van der Waals surface area (Å²) in [6.45, 7) is 0.990. The molecule has 1 aromatic heterocycles. The summed E-state index contributed by atoms with van der Waals surface area (Å²) in [7, 11) is 2.87. The van der Waals surface area contributed by atoms with Crippen molar-refractivity contribution in [2.24, 2.45) is 23.7 Å². The van der Waals surface area contributed by atoms with Crippen LogP contribution in [0.15, 0.2) is 29.1 Å². The molecule has 0 aromatic carbocycles. The van der Waals surface area contributed by atoms with Gasteiger partial charge in [0.1, 0.15) is 12.9 Å². The van der Waals surface area contributed by atoms with Crippen LogP contribution in [0.25, 0.3) is 0 Å². The Morgan fingerprint density at radius 3 is 2.34 bits per heavy atom. The number of ether oxygens (including phenoxy) is 4. The summed E-state index contributed by atoms with van der Waals surface area (Å²) in [5.74, 6) is 0.580. The summed E-state index contributed by atoms with van der Waals surface area (Å²) in [6.07, 6.45) is 7.35. The number of furan rings is 1. The lowest BCUT2D eigenvalue weighted by Crippen LogP contribution is -2.51. The summed E-state index contributed by atoms with van der Waals surface area (Å²) in [5.41, 5.74) is 0. The monoisotopic (exact) mass is 410 g/mol. The molecule has 0 amide bonds. The number of carbonyl (C=O) groups excluding carboxylic acids is 3. The summed E-state index contributed by atoms with van der Waals surface area (Å²) in [4.78, 5) is 33.5. The second-order valence-electron chi connectivity index (χ2n) is 7.26. The first kappa shape index (κ1) is 23.1. The maximum absolute atomic E-state index is 12.7. The Morgan fingerprint density at radius 2 is 1.76 bits per heavy atom. The normalized spacial score (nSPS) is 30.2. The smallest absolute Gasteiger partial charge is 0.309 e. The highest BCUT2D eigenvalue weighted by Gasteiger charge is 2.51. The van der Waals surface area contributed by atoms with E-state index in [0.29, 0.717) is 19.0 Å². The molecule has 2 unspecified atom stereocenters. The Morgan fingerprint density at radius 1 is 1.07 bits per heavy atom. The van der Waals surface area contributed by atoms with Gasteiger partial charge < -0.3 is 23.4 Å². The van der Waals surface area contributed by atoms with Crippen LogP contribution in [0.2, 0.25) is 0 Å². The van der Waals surface area contributed by atoms with E-state index in [4.69, 9.17) is 19.0 Å². The SMILES string of the molecule is COC=O.COCO[C@H]1CCC2CC[C@H]3C(=O)OCCC3[C@H]2C1=O.c1ccoc1. The van der Waals surface area contributed by atoms with Crippen LogP contribution >= 0.6 is 0 Å². The van der Waals surface area contributed by atoms with E-state index in [9.17, 15) is 9.59 Å². The van der Waals surface area contributed by atoms with Crippen LogP contribution in [0.3, 0.4) is 0 Å². The number of methoxy groups -OCH3 is 2. The molecule has 2 heterocycles. The second kappa shape index (κ2) is 12.4. The molecule has 2 saturated carbocycles. The third-order valence-corrected chi connectivity index (χ3v) is 5.69. The third kappa shape index (κ3) is 6.40. The van der Waals surface area contributed by atoms with Crippen LogP contribution in [-0.2, 0) is 33.3 Å². The minimum absolute atomic E-state index is 0.0165. The van der Waals surface area contributed by atoms with Crippen molar-refractivity contribution in [3.8, 4) is 0 Å². The highest BCUT2D eigenvalue weighted by molar-refractivity contribution is 5.88. The van der Waals surface area contributed by atoms with Gasteiger partial charge in [-0.2, -0.15) is 0 Å². The Hall–Kier alpha value is -2.19. The molecule has 0 spiro atoms. The highest BCUT2D eigenvalue weighted by atomic mass is 16.7. The topological polar surface area (TPSA) is 101 Å². The number of fused-ring (bicyclic) bond motifs is 3. The zero-order valence-electron chi connectivity index (χ0n) is 17.0. The number of ketones is 1. The average molecular weight is 410 g/mol. The lowest BCUT2D eigenvalue weighted by atomic mass is 9.59. The van der Waals surface area contributed by atoms with Crippen LogP contribution < -0.4 is 0 Å². The number of hydrogen-bond acceptors (Lipinski definition) is 8. The van der Waals surface area contributed by atoms with E-state index in [1.54, 1.807) is 19.6 Å². The van der Waals surface area contributed by atoms with Gasteiger partial charge in [-0.05, 0) is 56.1 Å². The molecule has 5 atom stereocenters. The van der Waals surface area contributed by atoms with Crippen molar-refractivity contribution in [3.63, 3.8) is 0 Å². The van der Waals surface area contributed by atoms with Crippen LogP contribution in [0, 0.1) is 23.7 Å². The van der Waals surface area contributed by atoms with E-state index in [0.717, 1.165) is 32.1 Å². The summed E-state index contributed by atoms with van der Waals surface area (Å²) in [6, 6.07) is 3.67. The van der Waals surface area contributed by atoms with E-state index < -0.39 is 0 Å². The summed E-state index contributed by atoms with van der Waals surface area (Å²) >= 11 is 0. The van der Waals surface area contributed by atoms with Gasteiger partial charge in [-0.15, -0.1) is 0 Å². The maximum atomic E-state index is 12.7. The van der Waals surface area contributed by atoms with Gasteiger partial charge >= 0.3 is 5.97 Å². The molecule has 4 rings (SSSR count). The number of esters is 1. The molecule has 8 heteroatoms. The van der Waals surface area contributed by atoms with Gasteiger partial charge in [0.25, 0.3) is 6.47 Å². The quantitative estimate of drug-likeness (QED) is 0.424. The number of cyclic esters (lactones) is 1. The van der Waals surface area contributed by atoms with Crippen molar-refractivity contribution in [1.82, 2.24) is 0 Å². The van der Waals surface area contributed by atoms with Crippen LogP contribution in [0.5, 0.6) is 0 Å². The number of carbonyl (C=O) groups is 3. The fraction of sp³-hybridized carbons (Fsp3) is 0.667. The average Bonchev–Trinajstić information content (AvgIpc) is 3.34. The Kier molecular flexibility index (Phi) is 9.87. The number of hydrogen-bond donors (Lipinski definition) is 0. The zero-order chi connectivity index (χ0) is 21.1. The zero-order valence-corrected chi connectivity index (χ0v) is 17.0. The molecule has 29 heavy (non-hydrogen) atoms. The van der Waals surface area contributed by atoms with Gasteiger partial charge in [-0.25, -0.2) is 0 Å². The number of rotatable bonds is 4. The molecule has 3 fully saturated rings. The van der Waals surface area contributed by atoms with Crippen molar-refractivity contribution in [2.45, 2.75) is 38.2 Å². The van der Waals surface area contributed by atoms with Crippen molar-refractivity contribution < 1.29 is 37.7 Å². The molecule has 0 radical (unpaired) electrons. The molecule has 1 aliphatic heterocycles. The van der Waals surface area contributed by atoms with E-state index >= 15 is 0 Å². The molecular weight excluding hydrogens is 380 g/mol. The first-order valence-corrected chi connectivity index (χ1v) is 9.88. The van der Waals surface area contributed by atoms with Crippen molar-refractivity contribution in [3.05, 3.63) is 24.7 Å². The van der Waals surface area contributed by atoms with Gasteiger partial charge in [0.05, 0.1) is 32.2 Å². The third-order valence-electron chi connectivity index (χ3n) is 5.69. The van der Waals surface area contributed by atoms with Crippen LogP contribution in [0.1, 0.15) is 32.1 Å². The van der Waals surface area contributed by atoms with Gasteiger partial charge in [0.15, 0.2) is 5.78 Å². The number of Topliss-reactive ketones (excluding diaryl/α,β-unsaturated/α-hetero) is 1. The second-order valence-corrected chi connectivity index (χ2v) is 7.26. The van der Waals surface area contributed by atoms with Crippen LogP contribution in [0.4, 0.5) is 0 Å². The first-order valence-electron chi connectivity index (χ1n) is 9.88. The van der Waals surface area contributed by atoms with E-state index in [-0.39, 0.29) is 42.4 Å². The molecule has 2 aliphatic carbocycles. The van der Waals surface area contributed by atoms with Crippen molar-refractivity contribution >= 4 is 18.2 Å².